The molecule has 3 nitrogen and oxygen atoms in total. The summed E-state index contributed by atoms with van der Waals surface area (Å²) in [6.45, 7) is 7.39. The van der Waals surface area contributed by atoms with E-state index in [4.69, 9.17) is 10.5 Å². The maximum Gasteiger partial charge on any atom is 0.161 e. The molecule has 0 spiro atoms. The summed E-state index contributed by atoms with van der Waals surface area (Å²) in [5.74, 6) is 0.811. The third-order valence-corrected chi connectivity index (χ3v) is 4.08. The van der Waals surface area contributed by atoms with Crippen molar-refractivity contribution in [3.8, 4) is 11.5 Å². The number of hydrogen-bond acceptors (Lipinski definition) is 3. The topological polar surface area (TPSA) is 55.5 Å². The molecule has 1 aromatic carbocycles. The number of rotatable bonds is 4. The lowest BCUT2D eigenvalue weighted by molar-refractivity contribution is 0.314. The maximum atomic E-state index is 10.3. The molecule has 1 aromatic rings. The predicted octanol–water partition coefficient (Wildman–Crippen LogP) is 2.42. The molecule has 0 aliphatic heterocycles. The van der Waals surface area contributed by atoms with Crippen LogP contribution in [0.5, 0.6) is 11.5 Å². The van der Waals surface area contributed by atoms with E-state index in [0.29, 0.717) is 18.9 Å². The van der Waals surface area contributed by atoms with Crippen molar-refractivity contribution < 1.29 is 9.84 Å². The van der Waals surface area contributed by atoms with E-state index in [2.05, 4.69) is 13.8 Å². The lowest BCUT2D eigenvalue weighted by Gasteiger charge is -2.21. The second-order valence-corrected chi connectivity index (χ2v) is 5.43. The molecule has 2 rings (SSSR count). The first-order valence-electron chi connectivity index (χ1n) is 6.14. The van der Waals surface area contributed by atoms with Crippen LogP contribution in [0.2, 0.25) is 0 Å². The van der Waals surface area contributed by atoms with Crippen molar-refractivity contribution in [1.82, 2.24) is 0 Å². The van der Waals surface area contributed by atoms with Crippen molar-refractivity contribution in [1.29, 1.82) is 0 Å². The van der Waals surface area contributed by atoms with Crippen LogP contribution in [0.1, 0.15) is 32.8 Å². The molecule has 1 saturated carbocycles. The van der Waals surface area contributed by atoms with Crippen LogP contribution < -0.4 is 10.5 Å². The van der Waals surface area contributed by atoms with Crippen LogP contribution in [0.15, 0.2) is 18.2 Å². The van der Waals surface area contributed by atoms with Gasteiger partial charge in [0, 0.05) is 17.5 Å². The van der Waals surface area contributed by atoms with Crippen LogP contribution in [0.25, 0.3) is 0 Å². The van der Waals surface area contributed by atoms with Gasteiger partial charge in [0.2, 0.25) is 0 Å². The zero-order valence-corrected chi connectivity index (χ0v) is 10.8. The van der Waals surface area contributed by atoms with Gasteiger partial charge in [-0.25, -0.2) is 0 Å². The van der Waals surface area contributed by atoms with Gasteiger partial charge in [-0.05, 0) is 24.8 Å². The molecule has 0 amide bonds. The third kappa shape index (κ3) is 1.69. The smallest absolute Gasteiger partial charge is 0.161 e. The van der Waals surface area contributed by atoms with Gasteiger partial charge in [0.1, 0.15) is 0 Å². The van der Waals surface area contributed by atoms with Crippen LogP contribution in [0.3, 0.4) is 0 Å². The molecule has 94 valence electrons. The van der Waals surface area contributed by atoms with Crippen molar-refractivity contribution in [2.24, 2.45) is 11.1 Å². The SMILES string of the molecule is CCOc1cccc(C2(CN)CC2(C)C)c1O. The van der Waals surface area contributed by atoms with Gasteiger partial charge in [-0.15, -0.1) is 0 Å². The highest BCUT2D eigenvalue weighted by Crippen LogP contribution is 2.65. The monoisotopic (exact) mass is 235 g/mol. The molecular formula is C14H21NO2. The molecule has 1 aliphatic rings. The Hall–Kier alpha value is -1.22. The highest BCUT2D eigenvalue weighted by atomic mass is 16.5. The van der Waals surface area contributed by atoms with Gasteiger partial charge < -0.3 is 15.6 Å². The molecule has 1 atom stereocenters. The Morgan fingerprint density at radius 3 is 2.53 bits per heavy atom. The second-order valence-electron chi connectivity index (χ2n) is 5.43. The summed E-state index contributed by atoms with van der Waals surface area (Å²) >= 11 is 0. The van der Waals surface area contributed by atoms with Crippen LogP contribution in [-0.2, 0) is 5.41 Å². The summed E-state index contributed by atoms with van der Waals surface area (Å²) in [5, 5.41) is 10.3. The molecule has 0 aromatic heterocycles. The van der Waals surface area contributed by atoms with Crippen LogP contribution in [0.4, 0.5) is 0 Å². The van der Waals surface area contributed by atoms with Gasteiger partial charge in [-0.1, -0.05) is 26.0 Å². The minimum atomic E-state index is -0.0931. The molecular weight excluding hydrogens is 214 g/mol. The Kier molecular flexibility index (Phi) is 2.82. The molecule has 17 heavy (non-hydrogen) atoms. The largest absolute Gasteiger partial charge is 0.504 e. The van der Waals surface area contributed by atoms with E-state index in [1.807, 2.05) is 19.1 Å². The molecule has 0 radical (unpaired) electrons. The van der Waals surface area contributed by atoms with Crippen molar-refractivity contribution >= 4 is 0 Å². The normalized spacial score (nSPS) is 25.6. The summed E-state index contributed by atoms with van der Waals surface area (Å²) in [7, 11) is 0. The molecule has 0 heterocycles. The van der Waals surface area contributed by atoms with Crippen molar-refractivity contribution in [2.75, 3.05) is 13.2 Å². The highest BCUT2D eigenvalue weighted by Gasteiger charge is 2.62. The van der Waals surface area contributed by atoms with E-state index in [-0.39, 0.29) is 16.6 Å². The van der Waals surface area contributed by atoms with Gasteiger partial charge >= 0.3 is 0 Å². The number of nitrogens with two attached hydrogens (primary N) is 1. The van der Waals surface area contributed by atoms with E-state index < -0.39 is 0 Å². The molecule has 0 saturated heterocycles. The quantitative estimate of drug-likeness (QED) is 0.842. The minimum Gasteiger partial charge on any atom is -0.504 e. The van der Waals surface area contributed by atoms with Crippen LogP contribution in [0, 0.1) is 5.41 Å². The van der Waals surface area contributed by atoms with Gasteiger partial charge in [-0.3, -0.25) is 0 Å². The highest BCUT2D eigenvalue weighted by molar-refractivity contribution is 5.53. The van der Waals surface area contributed by atoms with Crippen molar-refractivity contribution in [2.45, 2.75) is 32.6 Å². The fourth-order valence-electron chi connectivity index (χ4n) is 2.81. The predicted molar refractivity (Wildman–Crippen MR) is 68.4 cm³/mol. The number of hydrogen-bond donors (Lipinski definition) is 2. The maximum absolute atomic E-state index is 10.3. The lowest BCUT2D eigenvalue weighted by Crippen LogP contribution is -2.25. The van der Waals surface area contributed by atoms with E-state index >= 15 is 0 Å². The van der Waals surface area contributed by atoms with Crippen LogP contribution in [-0.4, -0.2) is 18.3 Å². The average molecular weight is 235 g/mol. The lowest BCUT2D eigenvalue weighted by atomic mass is 9.87. The zero-order valence-electron chi connectivity index (χ0n) is 10.8. The first kappa shape index (κ1) is 12.2. The van der Waals surface area contributed by atoms with Gasteiger partial charge in [0.15, 0.2) is 11.5 Å². The Bertz CT molecular complexity index is 428. The number of benzene rings is 1. The molecule has 3 N–H and O–H groups in total. The number of ether oxygens (including phenoxy) is 1. The van der Waals surface area contributed by atoms with E-state index in [1.54, 1.807) is 6.07 Å². The first-order chi connectivity index (χ1) is 7.98. The molecule has 1 fully saturated rings. The second kappa shape index (κ2) is 3.91. The molecule has 1 unspecified atom stereocenters. The zero-order chi connectivity index (χ0) is 12.7. The fourth-order valence-corrected chi connectivity index (χ4v) is 2.81. The number of phenols is 1. The Morgan fingerprint density at radius 2 is 2.06 bits per heavy atom. The summed E-state index contributed by atoms with van der Waals surface area (Å²) in [6, 6.07) is 5.67. The van der Waals surface area contributed by atoms with E-state index in [1.165, 1.54) is 0 Å². The van der Waals surface area contributed by atoms with E-state index in [0.717, 1.165) is 12.0 Å². The molecule has 1 aliphatic carbocycles. The summed E-state index contributed by atoms with van der Waals surface area (Å²) in [5.41, 5.74) is 6.91. The standard InChI is InChI=1S/C14H21NO2/c1-4-17-11-7-5-6-10(12(11)16)14(9-15)8-13(14,2)3/h5-7,16H,4,8-9,15H2,1-3H3. The number of para-hydroxylation sites is 1. The molecule has 3 heteroatoms. The van der Waals surface area contributed by atoms with E-state index in [9.17, 15) is 5.11 Å². The van der Waals surface area contributed by atoms with Gasteiger partial charge in [-0.2, -0.15) is 0 Å². The summed E-state index contributed by atoms with van der Waals surface area (Å²) in [6.07, 6.45) is 1.01. The number of aromatic hydroxyl groups is 1. The Balaban J connectivity index is 2.43. The van der Waals surface area contributed by atoms with Crippen molar-refractivity contribution in [3.05, 3.63) is 23.8 Å². The third-order valence-electron chi connectivity index (χ3n) is 4.08. The molecule has 0 bridgehead atoms. The van der Waals surface area contributed by atoms with Crippen LogP contribution >= 0.6 is 0 Å². The minimum absolute atomic E-state index is 0.0931. The van der Waals surface area contributed by atoms with Gasteiger partial charge in [0.25, 0.3) is 0 Å². The Labute approximate surface area is 103 Å². The summed E-state index contributed by atoms with van der Waals surface area (Å²) < 4.78 is 5.42. The first-order valence-corrected chi connectivity index (χ1v) is 6.14. The fraction of sp³-hybridized carbons (Fsp3) is 0.571. The Morgan fingerprint density at radius 1 is 1.41 bits per heavy atom. The van der Waals surface area contributed by atoms with Crippen molar-refractivity contribution in [3.63, 3.8) is 0 Å². The summed E-state index contributed by atoms with van der Waals surface area (Å²) in [4.78, 5) is 0. The average Bonchev–Trinajstić information content (AvgIpc) is 2.85. The number of phenolic OH excluding ortho intramolecular Hbond substituents is 1. The van der Waals surface area contributed by atoms with Gasteiger partial charge in [0.05, 0.1) is 6.61 Å².